The predicted octanol–water partition coefficient (Wildman–Crippen LogP) is 3.28. The highest BCUT2D eigenvalue weighted by Gasteiger charge is 2.18. The van der Waals surface area contributed by atoms with Crippen molar-refractivity contribution in [2.75, 3.05) is 43.6 Å². The molecule has 1 N–H and O–H groups in total. The van der Waals surface area contributed by atoms with Gasteiger partial charge >= 0.3 is 0 Å². The van der Waals surface area contributed by atoms with Crippen molar-refractivity contribution in [1.29, 1.82) is 0 Å². The molecule has 0 atom stereocenters. The van der Waals surface area contributed by atoms with E-state index in [2.05, 4.69) is 15.3 Å². The standard InChI is InChI=1S/C22H24N4O3/c1-16-15-20(24-26(16)17-7-9-18(28-2)10-8-17)22(27)23-19-5-3-4-6-21(19)25-11-13-29-14-12-25/h3-10,15H,11-14H2,1-2H3,(H,23,27). The monoisotopic (exact) mass is 392 g/mol. The third-order valence-corrected chi connectivity index (χ3v) is 4.94. The molecule has 3 aromatic rings. The van der Waals surface area contributed by atoms with E-state index in [4.69, 9.17) is 9.47 Å². The van der Waals surface area contributed by atoms with E-state index in [1.165, 1.54) is 0 Å². The van der Waals surface area contributed by atoms with Crippen molar-refractivity contribution >= 4 is 17.3 Å². The van der Waals surface area contributed by atoms with Crippen LogP contribution in [0, 0.1) is 6.92 Å². The number of ether oxygens (including phenoxy) is 2. The highest BCUT2D eigenvalue weighted by molar-refractivity contribution is 6.04. The summed E-state index contributed by atoms with van der Waals surface area (Å²) in [7, 11) is 1.63. The molecule has 1 aliphatic heterocycles. The van der Waals surface area contributed by atoms with Gasteiger partial charge in [0.15, 0.2) is 5.69 Å². The van der Waals surface area contributed by atoms with Crippen LogP contribution >= 0.6 is 0 Å². The molecule has 1 fully saturated rings. The van der Waals surface area contributed by atoms with Crippen LogP contribution in [0.3, 0.4) is 0 Å². The lowest BCUT2D eigenvalue weighted by molar-refractivity contribution is 0.102. The summed E-state index contributed by atoms with van der Waals surface area (Å²) in [5.41, 5.74) is 3.89. The molecule has 4 rings (SSSR count). The fourth-order valence-corrected chi connectivity index (χ4v) is 3.42. The van der Waals surface area contributed by atoms with Crippen LogP contribution < -0.4 is 15.0 Å². The molecule has 1 saturated heterocycles. The van der Waals surface area contributed by atoms with E-state index in [0.29, 0.717) is 18.9 Å². The summed E-state index contributed by atoms with van der Waals surface area (Å²) in [5, 5.41) is 7.52. The van der Waals surface area contributed by atoms with Crippen molar-refractivity contribution in [3.63, 3.8) is 0 Å². The van der Waals surface area contributed by atoms with Gasteiger partial charge in [-0.25, -0.2) is 4.68 Å². The summed E-state index contributed by atoms with van der Waals surface area (Å²) >= 11 is 0. The fourth-order valence-electron chi connectivity index (χ4n) is 3.42. The molecule has 2 aromatic carbocycles. The molecule has 0 aliphatic carbocycles. The van der Waals surface area contributed by atoms with Crippen LogP contribution in [0.15, 0.2) is 54.6 Å². The molecule has 0 bridgehead atoms. The van der Waals surface area contributed by atoms with Gasteiger partial charge in [0.2, 0.25) is 0 Å². The van der Waals surface area contributed by atoms with Crippen molar-refractivity contribution in [2.45, 2.75) is 6.92 Å². The third kappa shape index (κ3) is 4.09. The number of aryl methyl sites for hydroxylation is 1. The van der Waals surface area contributed by atoms with Crippen molar-refractivity contribution in [3.05, 3.63) is 66.0 Å². The van der Waals surface area contributed by atoms with E-state index in [1.54, 1.807) is 17.9 Å². The summed E-state index contributed by atoms with van der Waals surface area (Å²) in [5.74, 6) is 0.539. The van der Waals surface area contributed by atoms with E-state index >= 15 is 0 Å². The van der Waals surface area contributed by atoms with E-state index < -0.39 is 0 Å². The predicted molar refractivity (Wildman–Crippen MR) is 112 cm³/mol. The molecular weight excluding hydrogens is 368 g/mol. The van der Waals surface area contributed by atoms with Gasteiger partial charge in [-0.2, -0.15) is 5.10 Å². The molecule has 0 radical (unpaired) electrons. The Kier molecular flexibility index (Phi) is 5.48. The topological polar surface area (TPSA) is 68.6 Å². The molecule has 0 saturated carbocycles. The molecule has 0 spiro atoms. The highest BCUT2D eigenvalue weighted by Crippen LogP contribution is 2.27. The van der Waals surface area contributed by atoms with Crippen LogP contribution in [0.1, 0.15) is 16.2 Å². The summed E-state index contributed by atoms with van der Waals surface area (Å²) in [6.45, 7) is 4.91. The van der Waals surface area contributed by atoms with Gasteiger partial charge in [-0.15, -0.1) is 0 Å². The number of rotatable bonds is 5. The number of aromatic nitrogens is 2. The average molecular weight is 392 g/mol. The quantitative estimate of drug-likeness (QED) is 0.722. The molecule has 1 amide bonds. The van der Waals surface area contributed by atoms with Crippen LogP contribution in [0.2, 0.25) is 0 Å². The zero-order valence-electron chi connectivity index (χ0n) is 16.6. The second kappa shape index (κ2) is 8.36. The highest BCUT2D eigenvalue weighted by atomic mass is 16.5. The molecule has 150 valence electrons. The van der Waals surface area contributed by atoms with Crippen molar-refractivity contribution < 1.29 is 14.3 Å². The van der Waals surface area contributed by atoms with Gasteiger partial charge in [0.25, 0.3) is 5.91 Å². The maximum absolute atomic E-state index is 12.9. The van der Waals surface area contributed by atoms with Gasteiger partial charge in [-0.3, -0.25) is 4.79 Å². The number of methoxy groups -OCH3 is 1. The van der Waals surface area contributed by atoms with E-state index in [0.717, 1.165) is 41.6 Å². The van der Waals surface area contributed by atoms with Crippen molar-refractivity contribution in [3.8, 4) is 11.4 Å². The van der Waals surface area contributed by atoms with Crippen molar-refractivity contribution in [2.24, 2.45) is 0 Å². The Morgan fingerprint density at radius 2 is 1.83 bits per heavy atom. The number of amides is 1. The number of carbonyl (C=O) groups is 1. The normalized spacial score (nSPS) is 13.9. The molecule has 0 unspecified atom stereocenters. The van der Waals surface area contributed by atoms with Gasteiger partial charge < -0.3 is 19.7 Å². The number of benzene rings is 2. The second-order valence-electron chi connectivity index (χ2n) is 6.85. The van der Waals surface area contributed by atoms with Crippen LogP contribution in [-0.2, 0) is 4.74 Å². The minimum Gasteiger partial charge on any atom is -0.497 e. The molecule has 7 heteroatoms. The second-order valence-corrected chi connectivity index (χ2v) is 6.85. The van der Waals surface area contributed by atoms with Crippen molar-refractivity contribution in [1.82, 2.24) is 9.78 Å². The first kappa shape index (κ1) is 19.0. The summed E-state index contributed by atoms with van der Waals surface area (Å²) in [4.78, 5) is 15.1. The third-order valence-electron chi connectivity index (χ3n) is 4.94. The number of anilines is 2. The first-order valence-corrected chi connectivity index (χ1v) is 9.60. The summed E-state index contributed by atoms with van der Waals surface area (Å²) < 4.78 is 12.4. The maximum atomic E-state index is 12.9. The van der Waals surface area contributed by atoms with Gasteiger partial charge in [-0.05, 0) is 49.4 Å². The SMILES string of the molecule is COc1ccc(-n2nc(C(=O)Nc3ccccc3N3CCOCC3)cc2C)cc1. The van der Waals surface area contributed by atoms with Gasteiger partial charge in [0.1, 0.15) is 5.75 Å². The minimum atomic E-state index is -0.235. The first-order chi connectivity index (χ1) is 14.2. The Bertz CT molecular complexity index is 992. The molecule has 29 heavy (non-hydrogen) atoms. The number of morpholine rings is 1. The number of para-hydroxylation sites is 2. The number of nitrogens with zero attached hydrogens (tertiary/aromatic N) is 3. The average Bonchev–Trinajstić information content (AvgIpc) is 3.16. The minimum absolute atomic E-state index is 0.235. The van der Waals surface area contributed by atoms with E-state index in [-0.39, 0.29) is 5.91 Å². The van der Waals surface area contributed by atoms with Crippen LogP contribution in [0.5, 0.6) is 5.75 Å². The fraction of sp³-hybridized carbons (Fsp3) is 0.273. The summed E-state index contributed by atoms with van der Waals surface area (Å²) in [6, 6.07) is 17.2. The Morgan fingerprint density at radius 3 is 2.55 bits per heavy atom. The lowest BCUT2D eigenvalue weighted by Gasteiger charge is -2.30. The molecular formula is C22H24N4O3. The smallest absolute Gasteiger partial charge is 0.276 e. The lowest BCUT2D eigenvalue weighted by atomic mass is 10.2. The maximum Gasteiger partial charge on any atom is 0.276 e. The van der Waals surface area contributed by atoms with Crippen LogP contribution in [0.25, 0.3) is 5.69 Å². The molecule has 1 aromatic heterocycles. The number of nitrogens with one attached hydrogen (secondary N) is 1. The van der Waals surface area contributed by atoms with Gasteiger partial charge in [0, 0.05) is 18.8 Å². The van der Waals surface area contributed by atoms with Gasteiger partial charge in [-0.1, -0.05) is 12.1 Å². The Balaban J connectivity index is 1.55. The van der Waals surface area contributed by atoms with E-state index in [9.17, 15) is 4.79 Å². The zero-order chi connectivity index (χ0) is 20.2. The number of hydrogen-bond acceptors (Lipinski definition) is 5. The molecule has 7 nitrogen and oxygen atoms in total. The Morgan fingerprint density at radius 1 is 1.10 bits per heavy atom. The zero-order valence-corrected chi connectivity index (χ0v) is 16.6. The molecule has 1 aliphatic rings. The van der Waals surface area contributed by atoms with Crippen LogP contribution in [-0.4, -0.2) is 49.1 Å². The summed E-state index contributed by atoms with van der Waals surface area (Å²) in [6.07, 6.45) is 0. The Labute approximate surface area is 169 Å². The number of hydrogen-bond donors (Lipinski definition) is 1. The van der Waals surface area contributed by atoms with E-state index in [1.807, 2.05) is 55.5 Å². The number of carbonyl (C=O) groups excluding carboxylic acids is 1. The first-order valence-electron chi connectivity index (χ1n) is 9.60. The largest absolute Gasteiger partial charge is 0.497 e. The molecule has 2 heterocycles. The lowest BCUT2D eigenvalue weighted by Crippen LogP contribution is -2.36. The Hall–Kier alpha value is -3.32. The van der Waals surface area contributed by atoms with Crippen LogP contribution in [0.4, 0.5) is 11.4 Å². The van der Waals surface area contributed by atoms with Gasteiger partial charge in [0.05, 0.1) is 37.4 Å².